The normalized spacial score (nSPS) is 14.8. The Bertz CT molecular complexity index is 578. The molecule has 0 bridgehead atoms. The van der Waals surface area contributed by atoms with Gasteiger partial charge in [0.2, 0.25) is 10.0 Å². The van der Waals surface area contributed by atoms with Crippen LogP contribution in [0.3, 0.4) is 0 Å². The highest BCUT2D eigenvalue weighted by Gasteiger charge is 2.27. The summed E-state index contributed by atoms with van der Waals surface area (Å²) in [6.07, 6.45) is 2.07. The molecular formula is C14H18N2O2S. The van der Waals surface area contributed by atoms with E-state index in [0.29, 0.717) is 19.0 Å². The Kier molecular flexibility index (Phi) is 4.59. The largest absolute Gasteiger partial charge is 0.320 e. The smallest absolute Gasteiger partial charge is 0.212 e. The standard InChI is InChI=1S/C14H18N2O2S/c15-9-1-2-12-3-5-13(6-4-12)10-16-19(17,18)11-14-7-8-14/h3-6,14,16H,7-11,15H2. The Morgan fingerprint density at radius 3 is 2.53 bits per heavy atom. The summed E-state index contributed by atoms with van der Waals surface area (Å²) >= 11 is 0. The van der Waals surface area contributed by atoms with E-state index in [1.165, 1.54) is 0 Å². The molecule has 1 fully saturated rings. The van der Waals surface area contributed by atoms with Gasteiger partial charge in [0.15, 0.2) is 0 Å². The van der Waals surface area contributed by atoms with Gasteiger partial charge in [0, 0.05) is 12.1 Å². The predicted octanol–water partition coefficient (Wildman–Crippen LogP) is 0.826. The molecule has 4 nitrogen and oxygen atoms in total. The topological polar surface area (TPSA) is 72.2 Å². The fraction of sp³-hybridized carbons (Fsp3) is 0.429. The first-order valence-corrected chi connectivity index (χ1v) is 7.99. The quantitative estimate of drug-likeness (QED) is 0.784. The SMILES string of the molecule is NCC#Cc1ccc(CNS(=O)(=O)CC2CC2)cc1. The van der Waals surface area contributed by atoms with Crippen molar-refractivity contribution < 1.29 is 8.42 Å². The Morgan fingerprint density at radius 2 is 1.95 bits per heavy atom. The van der Waals surface area contributed by atoms with Crippen molar-refractivity contribution in [3.05, 3.63) is 35.4 Å². The zero-order valence-corrected chi connectivity index (χ0v) is 11.5. The Balaban J connectivity index is 1.88. The maximum Gasteiger partial charge on any atom is 0.212 e. The zero-order valence-electron chi connectivity index (χ0n) is 10.7. The molecule has 1 aromatic rings. The van der Waals surface area contributed by atoms with Crippen molar-refractivity contribution in [1.29, 1.82) is 0 Å². The summed E-state index contributed by atoms with van der Waals surface area (Å²) in [6, 6.07) is 7.49. The van der Waals surface area contributed by atoms with Crippen LogP contribution in [0.1, 0.15) is 24.0 Å². The molecule has 1 aliphatic carbocycles. The van der Waals surface area contributed by atoms with Crippen molar-refractivity contribution in [3.8, 4) is 11.8 Å². The van der Waals surface area contributed by atoms with Crippen molar-refractivity contribution in [1.82, 2.24) is 4.72 Å². The molecule has 0 saturated heterocycles. The van der Waals surface area contributed by atoms with Crippen molar-refractivity contribution in [2.75, 3.05) is 12.3 Å². The Hall–Kier alpha value is -1.35. The summed E-state index contributed by atoms with van der Waals surface area (Å²) in [7, 11) is -3.14. The summed E-state index contributed by atoms with van der Waals surface area (Å²) in [5, 5.41) is 0. The second-order valence-corrected chi connectivity index (χ2v) is 6.60. The lowest BCUT2D eigenvalue weighted by atomic mass is 10.1. The second kappa shape index (κ2) is 6.20. The molecule has 0 unspecified atom stereocenters. The van der Waals surface area contributed by atoms with E-state index < -0.39 is 10.0 Å². The Labute approximate surface area is 114 Å². The molecule has 0 radical (unpaired) electrons. The predicted molar refractivity (Wildman–Crippen MR) is 75.7 cm³/mol. The minimum Gasteiger partial charge on any atom is -0.320 e. The molecule has 5 heteroatoms. The van der Waals surface area contributed by atoms with Gasteiger partial charge in [-0.25, -0.2) is 13.1 Å². The average Bonchev–Trinajstić information content (AvgIpc) is 3.18. The molecule has 0 amide bonds. The van der Waals surface area contributed by atoms with E-state index >= 15 is 0 Å². The van der Waals surface area contributed by atoms with Gasteiger partial charge in [-0.3, -0.25) is 0 Å². The van der Waals surface area contributed by atoms with Crippen LogP contribution in [0.2, 0.25) is 0 Å². The van der Waals surface area contributed by atoms with E-state index in [1.54, 1.807) is 0 Å². The van der Waals surface area contributed by atoms with Crippen LogP contribution in [0, 0.1) is 17.8 Å². The number of hydrogen-bond acceptors (Lipinski definition) is 3. The van der Waals surface area contributed by atoms with Gasteiger partial charge in [-0.1, -0.05) is 24.0 Å². The van der Waals surface area contributed by atoms with E-state index in [4.69, 9.17) is 5.73 Å². The van der Waals surface area contributed by atoms with Crippen molar-refractivity contribution in [3.63, 3.8) is 0 Å². The highest BCUT2D eigenvalue weighted by atomic mass is 32.2. The molecule has 0 spiro atoms. The zero-order chi connectivity index (χ0) is 13.7. The van der Waals surface area contributed by atoms with Gasteiger partial charge in [0.05, 0.1) is 12.3 Å². The van der Waals surface area contributed by atoms with Gasteiger partial charge in [0.25, 0.3) is 0 Å². The molecule has 0 atom stereocenters. The molecule has 0 heterocycles. The molecule has 0 aromatic heterocycles. The summed E-state index contributed by atoms with van der Waals surface area (Å²) in [5.74, 6) is 6.32. The van der Waals surface area contributed by atoms with Gasteiger partial charge in [-0.2, -0.15) is 0 Å². The van der Waals surface area contributed by atoms with Gasteiger partial charge in [-0.05, 0) is 36.5 Å². The maximum atomic E-state index is 11.7. The van der Waals surface area contributed by atoms with E-state index in [1.807, 2.05) is 24.3 Å². The summed E-state index contributed by atoms with van der Waals surface area (Å²) in [4.78, 5) is 0. The third kappa shape index (κ3) is 5.03. The van der Waals surface area contributed by atoms with E-state index in [-0.39, 0.29) is 5.75 Å². The molecule has 19 heavy (non-hydrogen) atoms. The van der Waals surface area contributed by atoms with Crippen LogP contribution in [0.15, 0.2) is 24.3 Å². The van der Waals surface area contributed by atoms with Crippen molar-refractivity contribution in [2.45, 2.75) is 19.4 Å². The number of benzene rings is 1. The van der Waals surface area contributed by atoms with Crippen LogP contribution in [0.5, 0.6) is 0 Å². The molecule has 1 aromatic carbocycles. The molecular weight excluding hydrogens is 260 g/mol. The van der Waals surface area contributed by atoms with Crippen LogP contribution >= 0.6 is 0 Å². The Morgan fingerprint density at radius 1 is 1.26 bits per heavy atom. The molecule has 1 aliphatic rings. The second-order valence-electron chi connectivity index (χ2n) is 4.75. The highest BCUT2D eigenvalue weighted by Crippen LogP contribution is 2.29. The molecule has 102 valence electrons. The molecule has 2 rings (SSSR count). The highest BCUT2D eigenvalue weighted by molar-refractivity contribution is 7.89. The first-order chi connectivity index (χ1) is 9.09. The van der Waals surface area contributed by atoms with Gasteiger partial charge >= 0.3 is 0 Å². The minimum absolute atomic E-state index is 0.257. The molecule has 3 N–H and O–H groups in total. The number of sulfonamides is 1. The van der Waals surface area contributed by atoms with Crippen LogP contribution in [-0.4, -0.2) is 20.7 Å². The number of nitrogens with one attached hydrogen (secondary N) is 1. The third-order valence-electron chi connectivity index (χ3n) is 2.94. The van der Waals surface area contributed by atoms with Crippen molar-refractivity contribution in [2.24, 2.45) is 11.7 Å². The number of hydrogen-bond donors (Lipinski definition) is 2. The number of rotatable bonds is 5. The van der Waals surface area contributed by atoms with E-state index in [2.05, 4.69) is 16.6 Å². The lowest BCUT2D eigenvalue weighted by Crippen LogP contribution is -2.26. The lowest BCUT2D eigenvalue weighted by Gasteiger charge is -2.06. The van der Waals surface area contributed by atoms with Gasteiger partial charge < -0.3 is 5.73 Å². The van der Waals surface area contributed by atoms with Crippen LogP contribution in [0.4, 0.5) is 0 Å². The van der Waals surface area contributed by atoms with Crippen molar-refractivity contribution >= 4 is 10.0 Å². The third-order valence-corrected chi connectivity index (χ3v) is 4.43. The molecule has 1 saturated carbocycles. The monoisotopic (exact) mass is 278 g/mol. The van der Waals surface area contributed by atoms with Gasteiger partial charge in [0.1, 0.15) is 0 Å². The lowest BCUT2D eigenvalue weighted by molar-refractivity contribution is 0.577. The average molecular weight is 278 g/mol. The molecule has 0 aliphatic heterocycles. The van der Waals surface area contributed by atoms with E-state index in [0.717, 1.165) is 24.0 Å². The van der Waals surface area contributed by atoms with Crippen LogP contribution in [0.25, 0.3) is 0 Å². The van der Waals surface area contributed by atoms with E-state index in [9.17, 15) is 8.42 Å². The maximum absolute atomic E-state index is 11.7. The van der Waals surface area contributed by atoms with Crippen LogP contribution < -0.4 is 10.5 Å². The summed E-state index contributed by atoms with van der Waals surface area (Å²) < 4.78 is 26.1. The fourth-order valence-corrected chi connectivity index (χ4v) is 3.16. The minimum atomic E-state index is -3.14. The first kappa shape index (κ1) is 14.1. The van der Waals surface area contributed by atoms with Gasteiger partial charge in [-0.15, -0.1) is 0 Å². The first-order valence-electron chi connectivity index (χ1n) is 6.34. The fourth-order valence-electron chi connectivity index (χ4n) is 1.71. The van der Waals surface area contributed by atoms with Crippen LogP contribution in [-0.2, 0) is 16.6 Å². The summed E-state index contributed by atoms with van der Waals surface area (Å²) in [5.41, 5.74) is 7.11. The summed E-state index contributed by atoms with van der Waals surface area (Å²) in [6.45, 7) is 0.669. The number of nitrogens with two attached hydrogens (primary N) is 1.